The van der Waals surface area contributed by atoms with Crippen molar-refractivity contribution < 1.29 is 4.79 Å². The molecule has 18 heavy (non-hydrogen) atoms. The Labute approximate surface area is 107 Å². The Kier molecular flexibility index (Phi) is 3.79. The van der Waals surface area contributed by atoms with Crippen LogP contribution in [0.15, 0.2) is 12.3 Å². The summed E-state index contributed by atoms with van der Waals surface area (Å²) in [6, 6.07) is 1.89. The molecule has 0 aromatic carbocycles. The lowest BCUT2D eigenvalue weighted by molar-refractivity contribution is -0.135. The highest BCUT2D eigenvalue weighted by Crippen LogP contribution is 2.26. The van der Waals surface area contributed by atoms with Gasteiger partial charge in [-0.2, -0.15) is 0 Å². The number of carbonyl (C=O) groups is 1. The first-order valence-corrected chi connectivity index (χ1v) is 6.45. The van der Waals surface area contributed by atoms with Crippen molar-refractivity contribution in [1.29, 1.82) is 0 Å². The third kappa shape index (κ3) is 2.78. The molecular formula is C13H20N4O. The van der Waals surface area contributed by atoms with E-state index in [9.17, 15) is 4.79 Å². The predicted molar refractivity (Wildman–Crippen MR) is 69.8 cm³/mol. The van der Waals surface area contributed by atoms with E-state index in [0.717, 1.165) is 31.6 Å². The van der Waals surface area contributed by atoms with Gasteiger partial charge < -0.3 is 10.6 Å². The van der Waals surface area contributed by atoms with E-state index in [1.54, 1.807) is 6.20 Å². The summed E-state index contributed by atoms with van der Waals surface area (Å²) < 4.78 is 0. The minimum Gasteiger partial charge on any atom is -0.368 e. The number of piperidine rings is 1. The number of rotatable bonds is 2. The molecule has 1 saturated heterocycles. The SMILES string of the molecule is CC(C)C(=O)N1CCCC(c2ccnc(N)n2)C1. The molecule has 1 aromatic rings. The Morgan fingerprint density at radius 2 is 2.33 bits per heavy atom. The summed E-state index contributed by atoms with van der Waals surface area (Å²) in [5.74, 6) is 0.868. The molecule has 1 amide bonds. The minimum atomic E-state index is 0.0548. The molecule has 0 spiro atoms. The minimum absolute atomic E-state index is 0.0548. The fraction of sp³-hybridized carbons (Fsp3) is 0.615. The second kappa shape index (κ2) is 5.33. The smallest absolute Gasteiger partial charge is 0.225 e. The van der Waals surface area contributed by atoms with Gasteiger partial charge in [0.2, 0.25) is 11.9 Å². The van der Waals surface area contributed by atoms with Crippen molar-refractivity contribution >= 4 is 11.9 Å². The molecule has 0 bridgehead atoms. The molecule has 1 unspecified atom stereocenters. The second-order valence-corrected chi connectivity index (χ2v) is 5.12. The van der Waals surface area contributed by atoms with Crippen molar-refractivity contribution in [2.75, 3.05) is 18.8 Å². The summed E-state index contributed by atoms with van der Waals surface area (Å²) in [5.41, 5.74) is 6.55. The Hall–Kier alpha value is -1.65. The van der Waals surface area contributed by atoms with Crippen molar-refractivity contribution in [1.82, 2.24) is 14.9 Å². The Balaban J connectivity index is 2.09. The molecule has 1 atom stereocenters. The fourth-order valence-corrected chi connectivity index (χ4v) is 2.40. The molecule has 2 heterocycles. The van der Waals surface area contributed by atoms with Crippen molar-refractivity contribution in [2.45, 2.75) is 32.6 Å². The van der Waals surface area contributed by atoms with E-state index in [0.29, 0.717) is 5.95 Å². The van der Waals surface area contributed by atoms with Crippen LogP contribution in [-0.2, 0) is 4.79 Å². The standard InChI is InChI=1S/C13H20N4O/c1-9(2)12(18)17-7-3-4-10(8-17)11-5-6-15-13(14)16-11/h5-6,9-10H,3-4,7-8H2,1-2H3,(H2,14,15,16). The van der Waals surface area contributed by atoms with E-state index < -0.39 is 0 Å². The van der Waals surface area contributed by atoms with Gasteiger partial charge in [0.1, 0.15) is 0 Å². The molecule has 2 rings (SSSR count). The number of nitrogen functional groups attached to an aromatic ring is 1. The van der Waals surface area contributed by atoms with Crippen LogP contribution < -0.4 is 5.73 Å². The molecule has 0 radical (unpaired) electrons. The zero-order valence-electron chi connectivity index (χ0n) is 11.0. The summed E-state index contributed by atoms with van der Waals surface area (Å²) in [7, 11) is 0. The number of amides is 1. The molecule has 1 aliphatic rings. The lowest BCUT2D eigenvalue weighted by Crippen LogP contribution is -2.41. The first-order valence-electron chi connectivity index (χ1n) is 6.45. The number of nitrogens with two attached hydrogens (primary N) is 1. The lowest BCUT2D eigenvalue weighted by atomic mass is 9.94. The molecule has 1 fully saturated rings. The maximum Gasteiger partial charge on any atom is 0.225 e. The maximum atomic E-state index is 12.0. The van der Waals surface area contributed by atoms with E-state index in [2.05, 4.69) is 9.97 Å². The van der Waals surface area contributed by atoms with Gasteiger partial charge in [-0.3, -0.25) is 4.79 Å². The molecule has 5 nitrogen and oxygen atoms in total. The van der Waals surface area contributed by atoms with Gasteiger partial charge >= 0.3 is 0 Å². The number of anilines is 1. The van der Waals surface area contributed by atoms with Crippen molar-refractivity contribution in [3.8, 4) is 0 Å². The average Bonchev–Trinajstić information content (AvgIpc) is 2.38. The summed E-state index contributed by atoms with van der Waals surface area (Å²) in [4.78, 5) is 22.1. The quantitative estimate of drug-likeness (QED) is 0.859. The zero-order chi connectivity index (χ0) is 13.1. The molecule has 98 valence electrons. The largest absolute Gasteiger partial charge is 0.368 e. The van der Waals surface area contributed by atoms with Crippen LogP contribution in [0.25, 0.3) is 0 Å². The fourth-order valence-electron chi connectivity index (χ4n) is 2.40. The molecule has 0 aliphatic carbocycles. The number of hydrogen-bond donors (Lipinski definition) is 1. The van der Waals surface area contributed by atoms with Crippen LogP contribution in [0.1, 0.15) is 38.3 Å². The number of likely N-dealkylation sites (tertiary alicyclic amines) is 1. The highest BCUT2D eigenvalue weighted by molar-refractivity contribution is 5.78. The lowest BCUT2D eigenvalue weighted by Gasteiger charge is -2.33. The molecule has 0 saturated carbocycles. The van der Waals surface area contributed by atoms with Crippen molar-refractivity contribution in [2.24, 2.45) is 5.92 Å². The second-order valence-electron chi connectivity index (χ2n) is 5.12. The van der Waals surface area contributed by atoms with Gasteiger partial charge in [-0.15, -0.1) is 0 Å². The number of aromatic nitrogens is 2. The first kappa shape index (κ1) is 12.8. The average molecular weight is 248 g/mol. The van der Waals surface area contributed by atoms with E-state index in [4.69, 9.17) is 5.73 Å². The summed E-state index contributed by atoms with van der Waals surface area (Å²) in [6.07, 6.45) is 3.76. The van der Waals surface area contributed by atoms with Gasteiger partial charge in [0, 0.05) is 31.1 Å². The molecule has 2 N–H and O–H groups in total. The van der Waals surface area contributed by atoms with Gasteiger partial charge in [0.15, 0.2) is 0 Å². The van der Waals surface area contributed by atoms with Crippen LogP contribution >= 0.6 is 0 Å². The van der Waals surface area contributed by atoms with Gasteiger partial charge in [-0.05, 0) is 18.9 Å². The number of hydrogen-bond acceptors (Lipinski definition) is 4. The summed E-state index contributed by atoms with van der Waals surface area (Å²) >= 11 is 0. The van der Waals surface area contributed by atoms with Crippen molar-refractivity contribution in [3.63, 3.8) is 0 Å². The van der Waals surface area contributed by atoms with Gasteiger partial charge in [-0.1, -0.05) is 13.8 Å². The van der Waals surface area contributed by atoms with Gasteiger partial charge in [0.05, 0.1) is 5.69 Å². The topological polar surface area (TPSA) is 72.1 Å². The summed E-state index contributed by atoms with van der Waals surface area (Å²) in [5, 5.41) is 0. The Bertz CT molecular complexity index is 433. The van der Waals surface area contributed by atoms with Crippen LogP contribution in [-0.4, -0.2) is 33.9 Å². The maximum absolute atomic E-state index is 12.0. The molecular weight excluding hydrogens is 228 g/mol. The van der Waals surface area contributed by atoms with Crippen LogP contribution in [0.2, 0.25) is 0 Å². The summed E-state index contributed by atoms with van der Waals surface area (Å²) in [6.45, 7) is 5.48. The molecule has 1 aromatic heterocycles. The molecule has 5 heteroatoms. The van der Waals surface area contributed by atoms with E-state index in [-0.39, 0.29) is 17.7 Å². The normalized spacial score (nSPS) is 20.2. The predicted octanol–water partition coefficient (Wildman–Crippen LogP) is 1.42. The van der Waals surface area contributed by atoms with Gasteiger partial charge in [-0.25, -0.2) is 9.97 Å². The van der Waals surface area contributed by atoms with Gasteiger partial charge in [0.25, 0.3) is 0 Å². The highest BCUT2D eigenvalue weighted by atomic mass is 16.2. The monoisotopic (exact) mass is 248 g/mol. The third-order valence-electron chi connectivity index (χ3n) is 3.34. The number of nitrogens with zero attached hydrogens (tertiary/aromatic N) is 3. The Morgan fingerprint density at radius 3 is 3.00 bits per heavy atom. The van der Waals surface area contributed by atoms with Crippen LogP contribution in [0.5, 0.6) is 0 Å². The third-order valence-corrected chi connectivity index (χ3v) is 3.34. The van der Waals surface area contributed by atoms with Crippen LogP contribution in [0.3, 0.4) is 0 Å². The van der Waals surface area contributed by atoms with Crippen molar-refractivity contribution in [3.05, 3.63) is 18.0 Å². The van der Waals surface area contributed by atoms with E-state index >= 15 is 0 Å². The zero-order valence-corrected chi connectivity index (χ0v) is 11.0. The highest BCUT2D eigenvalue weighted by Gasteiger charge is 2.26. The Morgan fingerprint density at radius 1 is 1.56 bits per heavy atom. The molecule has 1 aliphatic heterocycles. The number of carbonyl (C=O) groups excluding carboxylic acids is 1. The van der Waals surface area contributed by atoms with Crippen LogP contribution in [0, 0.1) is 5.92 Å². The van der Waals surface area contributed by atoms with Crippen LogP contribution in [0.4, 0.5) is 5.95 Å². The van der Waals surface area contributed by atoms with E-state index in [1.165, 1.54) is 0 Å². The first-order chi connectivity index (χ1) is 8.58. The van der Waals surface area contributed by atoms with E-state index in [1.807, 2.05) is 24.8 Å².